The van der Waals surface area contributed by atoms with E-state index in [4.69, 9.17) is 5.73 Å². The third-order valence-electron chi connectivity index (χ3n) is 5.13. The van der Waals surface area contributed by atoms with Gasteiger partial charge in [0.2, 0.25) is 0 Å². The van der Waals surface area contributed by atoms with Crippen LogP contribution in [0.3, 0.4) is 0 Å². The van der Waals surface area contributed by atoms with Crippen molar-refractivity contribution in [2.24, 2.45) is 5.73 Å². The monoisotopic (exact) mass is 381 g/mol. The Morgan fingerprint density at radius 1 is 1.14 bits per heavy atom. The average Bonchev–Trinajstić information content (AvgIpc) is 2.97. The summed E-state index contributed by atoms with van der Waals surface area (Å²) in [7, 11) is 0. The maximum absolute atomic E-state index is 12.7. The van der Waals surface area contributed by atoms with E-state index in [0.29, 0.717) is 17.2 Å². The molecule has 0 bridgehead atoms. The van der Waals surface area contributed by atoms with Gasteiger partial charge in [0.25, 0.3) is 5.91 Å². The number of aromatic amines is 1. The van der Waals surface area contributed by atoms with Crippen LogP contribution >= 0.6 is 0 Å². The van der Waals surface area contributed by atoms with Crippen molar-refractivity contribution in [2.75, 3.05) is 0 Å². The molecule has 2 aromatic heterocycles. The highest BCUT2D eigenvalue weighted by atomic mass is 16.2. The molecule has 3 aromatic rings. The summed E-state index contributed by atoms with van der Waals surface area (Å²) >= 11 is 0. The normalized spacial score (nSPS) is 12.1. The predicted octanol–water partition coefficient (Wildman–Crippen LogP) is 3.41. The number of nitrogens with two attached hydrogens (primary N) is 1. The lowest BCUT2D eigenvalue weighted by Gasteiger charge is -2.19. The fourth-order valence-corrected chi connectivity index (χ4v) is 3.37. The van der Waals surface area contributed by atoms with Crippen molar-refractivity contribution in [1.29, 1.82) is 0 Å². The highest BCUT2D eigenvalue weighted by Crippen LogP contribution is 2.26. The Balaban J connectivity index is 2.27. The number of hydrogen-bond acceptors (Lipinski definition) is 4. The van der Waals surface area contributed by atoms with Gasteiger partial charge in [0.15, 0.2) is 11.3 Å². The van der Waals surface area contributed by atoms with Crippen LogP contribution in [-0.2, 0) is 5.41 Å². The number of amides is 1. The molecule has 0 aliphatic heterocycles. The summed E-state index contributed by atoms with van der Waals surface area (Å²) in [6.07, 6.45) is 1.66. The van der Waals surface area contributed by atoms with Gasteiger partial charge >= 0.3 is 5.69 Å². The van der Waals surface area contributed by atoms with Crippen molar-refractivity contribution in [3.05, 3.63) is 51.8 Å². The molecule has 7 heteroatoms. The summed E-state index contributed by atoms with van der Waals surface area (Å²) in [6, 6.07) is 7.77. The molecule has 0 radical (unpaired) electrons. The molecule has 3 rings (SSSR count). The molecule has 0 unspecified atom stereocenters. The van der Waals surface area contributed by atoms with Crippen molar-refractivity contribution in [3.8, 4) is 5.69 Å². The minimum atomic E-state index is -0.684. The van der Waals surface area contributed by atoms with Crippen LogP contribution in [-0.4, -0.2) is 25.4 Å². The van der Waals surface area contributed by atoms with Crippen LogP contribution in [0.2, 0.25) is 0 Å². The van der Waals surface area contributed by atoms with Gasteiger partial charge in [-0.25, -0.2) is 19.3 Å². The van der Waals surface area contributed by atoms with Gasteiger partial charge in [0.1, 0.15) is 11.3 Å². The molecule has 1 aromatic carbocycles. The lowest BCUT2D eigenvalue weighted by atomic mass is 9.87. The second-order valence-electron chi connectivity index (χ2n) is 8.07. The number of fused-ring (bicyclic) bond motifs is 1. The third-order valence-corrected chi connectivity index (χ3v) is 5.13. The number of primary amides is 1. The van der Waals surface area contributed by atoms with Crippen LogP contribution in [0, 0.1) is 0 Å². The Bertz CT molecular complexity index is 1070. The molecule has 0 aliphatic rings. The highest BCUT2D eigenvalue weighted by Gasteiger charge is 2.22. The molecule has 28 heavy (non-hydrogen) atoms. The summed E-state index contributed by atoms with van der Waals surface area (Å²) in [6.45, 7) is 10.5. The van der Waals surface area contributed by atoms with Crippen LogP contribution in [0.5, 0.6) is 0 Å². The van der Waals surface area contributed by atoms with Gasteiger partial charge in [-0.15, -0.1) is 0 Å². The highest BCUT2D eigenvalue weighted by molar-refractivity contribution is 6.01. The Hall–Kier alpha value is -2.96. The molecule has 0 spiro atoms. The number of H-pyrrole nitrogens is 1. The van der Waals surface area contributed by atoms with Gasteiger partial charge in [-0.3, -0.25) is 4.79 Å². The predicted molar refractivity (Wildman–Crippen MR) is 110 cm³/mol. The van der Waals surface area contributed by atoms with Crippen LogP contribution in [0.25, 0.3) is 16.9 Å². The molecule has 3 N–H and O–H groups in total. The number of carbonyl (C=O) groups excluding carboxylic acids is 1. The van der Waals surface area contributed by atoms with Gasteiger partial charge in [0.05, 0.1) is 5.69 Å². The number of nitrogens with zero attached hydrogens (tertiary/aromatic N) is 3. The van der Waals surface area contributed by atoms with Crippen molar-refractivity contribution in [1.82, 2.24) is 19.5 Å². The van der Waals surface area contributed by atoms with E-state index in [-0.39, 0.29) is 28.2 Å². The fourth-order valence-electron chi connectivity index (χ4n) is 3.37. The zero-order valence-electron chi connectivity index (χ0n) is 17.0. The molecule has 7 nitrogen and oxygen atoms in total. The Labute approximate surface area is 164 Å². The molecule has 148 valence electrons. The van der Waals surface area contributed by atoms with Crippen molar-refractivity contribution < 1.29 is 4.79 Å². The van der Waals surface area contributed by atoms with E-state index in [1.807, 2.05) is 38.1 Å². The van der Waals surface area contributed by atoms with Crippen molar-refractivity contribution in [2.45, 2.75) is 58.8 Å². The first-order chi connectivity index (χ1) is 13.2. The third kappa shape index (κ3) is 3.44. The zero-order chi connectivity index (χ0) is 20.6. The first-order valence-corrected chi connectivity index (χ1v) is 9.60. The maximum atomic E-state index is 12.7. The van der Waals surface area contributed by atoms with Gasteiger partial charge < -0.3 is 10.7 Å². The first-order valence-electron chi connectivity index (χ1n) is 9.60. The largest absolute Gasteiger partial charge is 0.364 e. The quantitative estimate of drug-likeness (QED) is 0.706. The molecule has 2 heterocycles. The maximum Gasteiger partial charge on any atom is 0.332 e. The van der Waals surface area contributed by atoms with E-state index in [2.05, 4.69) is 35.7 Å². The second kappa shape index (κ2) is 7.22. The molecular weight excluding hydrogens is 354 g/mol. The molecule has 0 aliphatic carbocycles. The summed E-state index contributed by atoms with van der Waals surface area (Å²) in [5, 5.41) is 0. The van der Waals surface area contributed by atoms with Gasteiger partial charge in [0, 0.05) is 5.92 Å². The summed E-state index contributed by atoms with van der Waals surface area (Å²) in [4.78, 5) is 36.4. The molecular formula is C21H27N5O2. The standard InChI is InChI=1S/C21H27N5O2/c1-6-12(7-2)18-23-15(17(22)27)16-19(25-18)26(20(28)24-16)14-10-8-13(9-11-14)21(3,4)5/h8-12H,6-7H2,1-5H3,(H2,22,27)(H,24,28). The Morgan fingerprint density at radius 3 is 2.25 bits per heavy atom. The van der Waals surface area contributed by atoms with E-state index in [9.17, 15) is 9.59 Å². The molecule has 0 atom stereocenters. The zero-order valence-corrected chi connectivity index (χ0v) is 17.0. The lowest BCUT2D eigenvalue weighted by Crippen LogP contribution is -2.17. The molecule has 0 saturated carbocycles. The van der Waals surface area contributed by atoms with Gasteiger partial charge in [-0.05, 0) is 36.0 Å². The number of nitrogens with one attached hydrogen (secondary N) is 1. The number of rotatable bonds is 5. The summed E-state index contributed by atoms with van der Waals surface area (Å²) in [5.74, 6) is -0.0642. The van der Waals surface area contributed by atoms with Crippen LogP contribution in [0.4, 0.5) is 0 Å². The van der Waals surface area contributed by atoms with E-state index in [0.717, 1.165) is 18.4 Å². The SMILES string of the molecule is CCC(CC)c1nc(C(N)=O)c2[nH]c(=O)n(-c3ccc(C(C)(C)C)cc3)c2n1. The van der Waals surface area contributed by atoms with Crippen LogP contribution < -0.4 is 11.4 Å². The van der Waals surface area contributed by atoms with E-state index < -0.39 is 5.91 Å². The second-order valence-corrected chi connectivity index (χ2v) is 8.07. The van der Waals surface area contributed by atoms with Crippen molar-refractivity contribution in [3.63, 3.8) is 0 Å². The van der Waals surface area contributed by atoms with Crippen LogP contribution in [0.15, 0.2) is 29.1 Å². The van der Waals surface area contributed by atoms with Gasteiger partial charge in [-0.1, -0.05) is 46.8 Å². The smallest absolute Gasteiger partial charge is 0.332 e. The number of hydrogen-bond donors (Lipinski definition) is 2. The molecule has 1 amide bonds. The topological polar surface area (TPSA) is 107 Å². The summed E-state index contributed by atoms with van der Waals surface area (Å²) in [5.41, 5.74) is 7.70. The first kappa shape index (κ1) is 19.8. The van der Waals surface area contributed by atoms with Crippen molar-refractivity contribution >= 4 is 17.1 Å². The van der Waals surface area contributed by atoms with Gasteiger partial charge in [-0.2, -0.15) is 0 Å². The number of benzene rings is 1. The Kier molecular flexibility index (Phi) is 5.10. The number of carbonyl (C=O) groups is 1. The van der Waals surface area contributed by atoms with Crippen LogP contribution in [0.1, 0.15) is 75.3 Å². The molecule has 0 saturated heterocycles. The number of imidazole rings is 1. The Morgan fingerprint density at radius 2 is 1.75 bits per heavy atom. The van der Waals surface area contributed by atoms with E-state index in [1.54, 1.807) is 0 Å². The van der Waals surface area contributed by atoms with E-state index >= 15 is 0 Å². The molecule has 0 fully saturated rings. The summed E-state index contributed by atoms with van der Waals surface area (Å²) < 4.78 is 1.47. The lowest BCUT2D eigenvalue weighted by molar-refractivity contribution is 0.0996. The van der Waals surface area contributed by atoms with E-state index in [1.165, 1.54) is 4.57 Å². The minimum absolute atomic E-state index is 0.00760. The number of aromatic nitrogens is 4. The minimum Gasteiger partial charge on any atom is -0.364 e. The average molecular weight is 381 g/mol. The fraction of sp³-hybridized carbons (Fsp3) is 0.429.